The lowest BCUT2D eigenvalue weighted by Gasteiger charge is -2.47. The van der Waals surface area contributed by atoms with E-state index in [2.05, 4.69) is 0 Å². The maximum Gasteiger partial charge on any atom is 0.352 e. The summed E-state index contributed by atoms with van der Waals surface area (Å²) < 4.78 is 8.88. The lowest BCUT2D eigenvalue weighted by atomic mass is 9.66. The quantitative estimate of drug-likeness (QED) is 0.287. The molecule has 0 radical (unpaired) electrons. The zero-order chi connectivity index (χ0) is 28.6. The molecule has 40 heavy (non-hydrogen) atoms. The minimum atomic E-state index is -1.89. The van der Waals surface area contributed by atoms with Crippen molar-refractivity contribution >= 4 is 41.1 Å². The Morgan fingerprint density at radius 3 is 2.45 bits per heavy atom. The van der Waals surface area contributed by atoms with Crippen LogP contribution in [0.4, 0.5) is 0 Å². The van der Waals surface area contributed by atoms with Crippen molar-refractivity contribution in [1.82, 2.24) is 18.8 Å². The van der Waals surface area contributed by atoms with Crippen LogP contribution in [0.25, 0.3) is 11.8 Å². The van der Waals surface area contributed by atoms with Gasteiger partial charge in [-0.25, -0.2) is 23.5 Å². The fraction of sp³-hybridized carbons (Fsp3) is 0.286. The number of hydrogen-bond acceptors (Lipinski definition) is 6. The van der Waals surface area contributed by atoms with Crippen LogP contribution in [0.1, 0.15) is 18.0 Å². The average molecular weight is 583 g/mol. The predicted octanol–water partition coefficient (Wildman–Crippen LogP) is 2.68. The maximum absolute atomic E-state index is 13.7. The summed E-state index contributed by atoms with van der Waals surface area (Å²) in [5.41, 5.74) is 0.499. The number of nitrogens with zero attached hydrogens (tertiary/aromatic N) is 4. The van der Waals surface area contributed by atoms with Crippen molar-refractivity contribution in [3.63, 3.8) is 0 Å². The smallest absolute Gasteiger partial charge is 0.352 e. The number of methoxy groups -OCH3 is 1. The molecule has 10 nitrogen and oxygen atoms in total. The second-order valence-electron chi connectivity index (χ2n) is 10.0. The summed E-state index contributed by atoms with van der Waals surface area (Å²) in [5, 5.41) is 9.98. The van der Waals surface area contributed by atoms with E-state index in [0.29, 0.717) is 16.8 Å². The molecule has 0 spiro atoms. The van der Waals surface area contributed by atoms with Crippen molar-refractivity contribution in [3.8, 4) is 17.2 Å². The third kappa shape index (κ3) is 3.35. The number of aromatic nitrogens is 3. The summed E-state index contributed by atoms with van der Waals surface area (Å²) in [7, 11) is 2.75. The van der Waals surface area contributed by atoms with Gasteiger partial charge in [0.1, 0.15) is 0 Å². The number of amides is 2. The first-order valence-corrected chi connectivity index (χ1v) is 13.3. The normalized spacial score (nSPS) is 27.4. The molecule has 1 N–H and O–H groups in total. The number of aromatic hydroxyl groups is 1. The second-order valence-corrected chi connectivity index (χ2v) is 11.3. The van der Waals surface area contributed by atoms with Crippen molar-refractivity contribution in [2.75, 3.05) is 14.2 Å². The number of carbonyl (C=O) groups is 2. The first kappa shape index (κ1) is 26.2. The molecule has 3 aromatic rings. The molecule has 1 aliphatic carbocycles. The van der Waals surface area contributed by atoms with E-state index < -0.39 is 44.9 Å². The van der Waals surface area contributed by atoms with Gasteiger partial charge >= 0.3 is 11.4 Å². The van der Waals surface area contributed by atoms with E-state index in [1.807, 2.05) is 0 Å². The summed E-state index contributed by atoms with van der Waals surface area (Å²) in [6, 6.07) is 12.4. The Morgan fingerprint density at radius 2 is 1.75 bits per heavy atom. The monoisotopic (exact) mass is 582 g/mol. The molecule has 2 aliphatic heterocycles. The molecule has 6 rings (SSSR count). The lowest BCUT2D eigenvalue weighted by molar-refractivity contribution is -0.137. The molecule has 0 unspecified atom stereocenters. The number of carbonyl (C=O) groups excluding carboxylic acids is 2. The van der Waals surface area contributed by atoms with Gasteiger partial charge in [0.25, 0.3) is 11.8 Å². The highest BCUT2D eigenvalue weighted by molar-refractivity contribution is 6.53. The largest absolute Gasteiger partial charge is 0.504 e. The fourth-order valence-electron chi connectivity index (χ4n) is 6.06. The van der Waals surface area contributed by atoms with Crippen LogP contribution in [0.2, 0.25) is 0 Å². The number of alkyl halides is 2. The fourth-order valence-corrected chi connectivity index (χ4v) is 7.01. The van der Waals surface area contributed by atoms with E-state index in [0.717, 1.165) is 9.47 Å². The van der Waals surface area contributed by atoms with Crippen LogP contribution in [0.15, 0.2) is 75.8 Å². The summed E-state index contributed by atoms with van der Waals surface area (Å²) in [5.74, 6) is -2.03. The van der Waals surface area contributed by atoms with Crippen LogP contribution in [-0.4, -0.2) is 59.7 Å². The minimum Gasteiger partial charge on any atom is -0.504 e. The Morgan fingerprint density at radius 1 is 1.02 bits per heavy atom. The molecule has 0 bridgehead atoms. The Hall–Kier alpha value is -4.02. The van der Waals surface area contributed by atoms with Gasteiger partial charge in [-0.1, -0.05) is 42.5 Å². The lowest BCUT2D eigenvalue weighted by Crippen LogP contribution is -2.60. The zero-order valence-corrected chi connectivity index (χ0v) is 23.0. The molecule has 1 aromatic heterocycles. The van der Waals surface area contributed by atoms with Crippen LogP contribution in [0, 0.1) is 5.92 Å². The van der Waals surface area contributed by atoms with Gasteiger partial charge in [0, 0.05) is 19.4 Å². The Bertz CT molecular complexity index is 1760. The van der Waals surface area contributed by atoms with Crippen molar-refractivity contribution in [3.05, 3.63) is 92.8 Å². The first-order chi connectivity index (χ1) is 19.0. The molecular weight excluding hydrogens is 559 g/mol. The number of benzene rings is 2. The zero-order valence-electron chi connectivity index (χ0n) is 21.5. The van der Waals surface area contributed by atoms with Crippen LogP contribution in [0.5, 0.6) is 11.5 Å². The Kier molecular flexibility index (Phi) is 5.90. The number of para-hydroxylation sites is 1. The number of hydrogen-bond donors (Lipinski definition) is 1. The SMILES string of the molecule is COc1cc(C=C[C@H]2C3=CCn4c(=O)n(-c5ccccc5)c(=O)n4[C@@H]3C[C@@]3(Cl)C(=O)N(C)C(=O)[C@@]23Cl)ccc1O. The molecule has 1 saturated heterocycles. The number of halogens is 2. The van der Waals surface area contributed by atoms with Crippen LogP contribution in [-0.2, 0) is 16.1 Å². The number of allylic oxidation sites excluding steroid dienone is 3. The van der Waals surface area contributed by atoms with E-state index in [-0.39, 0.29) is 24.5 Å². The molecule has 2 aromatic carbocycles. The van der Waals surface area contributed by atoms with Gasteiger partial charge in [-0.05, 0) is 35.4 Å². The Labute approximate surface area is 237 Å². The van der Waals surface area contributed by atoms with E-state index in [4.69, 9.17) is 27.9 Å². The summed E-state index contributed by atoms with van der Waals surface area (Å²) >= 11 is 14.2. The molecule has 2 fully saturated rings. The van der Waals surface area contributed by atoms with Gasteiger partial charge in [0.15, 0.2) is 21.2 Å². The summed E-state index contributed by atoms with van der Waals surface area (Å²) in [6.07, 6.45) is 4.95. The number of ether oxygens (including phenoxy) is 1. The summed E-state index contributed by atoms with van der Waals surface area (Å²) in [6.45, 7) is 0.0529. The number of rotatable bonds is 4. The Balaban J connectivity index is 1.53. The summed E-state index contributed by atoms with van der Waals surface area (Å²) in [4.78, 5) is 51.2. The van der Waals surface area contributed by atoms with E-state index in [1.165, 1.54) is 29.6 Å². The van der Waals surface area contributed by atoms with Crippen molar-refractivity contribution in [2.24, 2.45) is 5.92 Å². The standard InChI is InChI=1S/C28H24Cl2N4O6/c1-31-23(36)27(29)15-20-18(12-13-32-25(38)33(26(39)34(20)32)17-6-4-3-5-7-17)19(28(27,30)24(31)37)10-8-16-9-11-21(35)22(14-16)40-2/h3-12,14,19-20,35H,13,15H2,1-2H3/t19-,20+,27+,28-/m0/s1. The van der Waals surface area contributed by atoms with Gasteiger partial charge in [-0.15, -0.1) is 23.2 Å². The molecule has 12 heteroatoms. The van der Waals surface area contributed by atoms with Crippen LogP contribution >= 0.6 is 23.2 Å². The van der Waals surface area contributed by atoms with Gasteiger partial charge in [-0.2, -0.15) is 0 Å². The highest BCUT2D eigenvalue weighted by Crippen LogP contribution is 2.60. The molecule has 206 valence electrons. The second kappa shape index (κ2) is 9.00. The molecule has 3 heterocycles. The first-order valence-electron chi connectivity index (χ1n) is 12.5. The van der Waals surface area contributed by atoms with E-state index >= 15 is 0 Å². The highest BCUT2D eigenvalue weighted by atomic mass is 35.5. The molecule has 1 saturated carbocycles. The number of phenolic OH excluding ortho intramolecular Hbond substituents is 1. The molecular formula is C28H24Cl2N4O6. The molecule has 2 amide bonds. The van der Waals surface area contributed by atoms with E-state index in [1.54, 1.807) is 60.7 Å². The molecule has 4 atom stereocenters. The topological polar surface area (TPSA) is 116 Å². The van der Waals surface area contributed by atoms with Crippen LogP contribution < -0.4 is 16.1 Å². The predicted molar refractivity (Wildman–Crippen MR) is 148 cm³/mol. The van der Waals surface area contributed by atoms with Gasteiger partial charge in [0.05, 0.1) is 25.4 Å². The van der Waals surface area contributed by atoms with Gasteiger partial charge < -0.3 is 9.84 Å². The average Bonchev–Trinajstić information content (AvgIpc) is 3.28. The van der Waals surface area contributed by atoms with Gasteiger partial charge in [0.2, 0.25) is 0 Å². The van der Waals surface area contributed by atoms with Crippen molar-refractivity contribution in [1.29, 1.82) is 0 Å². The third-order valence-corrected chi connectivity index (χ3v) is 9.47. The minimum absolute atomic E-state index is 0.0422. The van der Waals surface area contributed by atoms with E-state index in [9.17, 15) is 24.3 Å². The number of imide groups is 1. The van der Waals surface area contributed by atoms with Crippen molar-refractivity contribution < 1.29 is 19.4 Å². The number of likely N-dealkylation sites (tertiary alicyclic amines) is 1. The highest BCUT2D eigenvalue weighted by Gasteiger charge is 2.74. The number of fused-ring (bicyclic) bond motifs is 4. The molecule has 3 aliphatic rings. The maximum atomic E-state index is 13.7. The van der Waals surface area contributed by atoms with Gasteiger partial charge in [-0.3, -0.25) is 14.5 Å². The van der Waals surface area contributed by atoms with Crippen LogP contribution in [0.3, 0.4) is 0 Å². The third-order valence-electron chi connectivity index (χ3n) is 8.04. The number of phenols is 1. The van der Waals surface area contributed by atoms with Crippen molar-refractivity contribution in [2.45, 2.75) is 28.8 Å².